The normalized spacial score (nSPS) is 24.5. The first kappa shape index (κ1) is 20.0. The van der Waals surface area contributed by atoms with Crippen molar-refractivity contribution in [1.82, 2.24) is 9.80 Å². The van der Waals surface area contributed by atoms with Gasteiger partial charge in [-0.1, -0.05) is 36.4 Å². The molecule has 2 heterocycles. The number of carbonyl (C=O) groups is 1. The molecule has 1 amide bonds. The molecule has 0 aliphatic carbocycles. The largest absolute Gasteiger partial charge is 0.375 e. The first-order valence-corrected chi connectivity index (χ1v) is 10.1. The molecule has 2 fully saturated rings. The molecule has 2 aromatic carbocycles. The molecular formula is C23H26F2N2O2. The molecule has 29 heavy (non-hydrogen) atoms. The van der Waals surface area contributed by atoms with E-state index in [0.29, 0.717) is 19.1 Å². The van der Waals surface area contributed by atoms with Crippen LogP contribution in [-0.4, -0.2) is 55.1 Å². The van der Waals surface area contributed by atoms with Gasteiger partial charge in [0.15, 0.2) is 11.6 Å². The molecule has 2 aliphatic heterocycles. The standard InChI is InChI=1S/C23H26F2N2O2/c1-29-15-23(28)26-10-9-22-19(14-26)18(17-7-8-20(24)21(25)11-17)13-27(22)12-16-5-3-2-4-6-16/h2-8,11,18-19,22H,9-10,12-15H2,1H3/t18-,19-,22-/m0/s1. The number of fused-ring (bicyclic) bond motifs is 1. The maximum absolute atomic E-state index is 13.9. The van der Waals surface area contributed by atoms with E-state index in [0.717, 1.165) is 25.1 Å². The van der Waals surface area contributed by atoms with Crippen LogP contribution < -0.4 is 0 Å². The second-order valence-electron chi connectivity index (χ2n) is 7.99. The molecule has 2 aromatic rings. The van der Waals surface area contributed by atoms with E-state index in [1.54, 1.807) is 6.07 Å². The number of rotatable bonds is 5. The molecule has 0 bridgehead atoms. The molecule has 2 saturated heterocycles. The van der Waals surface area contributed by atoms with E-state index in [-0.39, 0.29) is 24.3 Å². The maximum Gasteiger partial charge on any atom is 0.248 e. The van der Waals surface area contributed by atoms with Crippen molar-refractivity contribution in [3.05, 3.63) is 71.3 Å². The number of benzene rings is 2. The lowest BCUT2D eigenvalue weighted by Gasteiger charge is -2.39. The maximum atomic E-state index is 13.9. The molecular weight excluding hydrogens is 374 g/mol. The zero-order valence-corrected chi connectivity index (χ0v) is 16.6. The van der Waals surface area contributed by atoms with Gasteiger partial charge in [0.2, 0.25) is 5.91 Å². The molecule has 6 heteroatoms. The zero-order chi connectivity index (χ0) is 20.4. The van der Waals surface area contributed by atoms with E-state index >= 15 is 0 Å². The Bertz CT molecular complexity index is 861. The molecule has 2 aliphatic rings. The van der Waals surface area contributed by atoms with Crippen LogP contribution in [0.5, 0.6) is 0 Å². The Balaban J connectivity index is 1.60. The second-order valence-corrected chi connectivity index (χ2v) is 7.99. The van der Waals surface area contributed by atoms with Crippen LogP contribution in [-0.2, 0) is 16.1 Å². The lowest BCUT2D eigenvalue weighted by molar-refractivity contribution is -0.137. The van der Waals surface area contributed by atoms with Gasteiger partial charge in [0.25, 0.3) is 0 Å². The summed E-state index contributed by atoms with van der Waals surface area (Å²) in [6.45, 7) is 2.96. The highest BCUT2D eigenvalue weighted by Crippen LogP contribution is 2.42. The molecule has 0 radical (unpaired) electrons. The smallest absolute Gasteiger partial charge is 0.248 e. The van der Waals surface area contributed by atoms with Gasteiger partial charge in [-0.25, -0.2) is 8.78 Å². The summed E-state index contributed by atoms with van der Waals surface area (Å²) in [6.07, 6.45) is 0.868. The van der Waals surface area contributed by atoms with Crippen molar-refractivity contribution in [2.75, 3.05) is 33.4 Å². The van der Waals surface area contributed by atoms with E-state index in [1.165, 1.54) is 24.8 Å². The monoisotopic (exact) mass is 400 g/mol. The van der Waals surface area contributed by atoms with Gasteiger partial charge in [0.05, 0.1) is 0 Å². The zero-order valence-electron chi connectivity index (χ0n) is 16.6. The number of piperidine rings is 1. The van der Waals surface area contributed by atoms with Gasteiger partial charge in [-0.2, -0.15) is 0 Å². The Morgan fingerprint density at radius 1 is 1.10 bits per heavy atom. The average Bonchev–Trinajstić information content (AvgIpc) is 3.09. The molecule has 4 nitrogen and oxygen atoms in total. The third-order valence-corrected chi connectivity index (χ3v) is 6.26. The van der Waals surface area contributed by atoms with Gasteiger partial charge in [0.1, 0.15) is 6.61 Å². The van der Waals surface area contributed by atoms with E-state index in [2.05, 4.69) is 17.0 Å². The minimum atomic E-state index is -0.829. The van der Waals surface area contributed by atoms with Crippen molar-refractivity contribution in [3.63, 3.8) is 0 Å². The van der Waals surface area contributed by atoms with Crippen molar-refractivity contribution in [2.45, 2.75) is 24.9 Å². The predicted molar refractivity (Wildman–Crippen MR) is 106 cm³/mol. The van der Waals surface area contributed by atoms with Crippen LogP contribution in [0.15, 0.2) is 48.5 Å². The third-order valence-electron chi connectivity index (χ3n) is 6.26. The Morgan fingerprint density at radius 3 is 2.62 bits per heavy atom. The Hall–Kier alpha value is -2.31. The minimum Gasteiger partial charge on any atom is -0.375 e. The molecule has 154 valence electrons. The molecule has 4 rings (SSSR count). The highest BCUT2D eigenvalue weighted by molar-refractivity contribution is 5.77. The summed E-state index contributed by atoms with van der Waals surface area (Å²) in [5.74, 6) is -1.43. The summed E-state index contributed by atoms with van der Waals surface area (Å²) in [5, 5.41) is 0. The van der Waals surface area contributed by atoms with Crippen molar-refractivity contribution >= 4 is 5.91 Å². The van der Waals surface area contributed by atoms with Crippen LogP contribution in [0.2, 0.25) is 0 Å². The van der Waals surface area contributed by atoms with Crippen LogP contribution in [0.3, 0.4) is 0 Å². The summed E-state index contributed by atoms with van der Waals surface area (Å²) in [5.41, 5.74) is 2.03. The molecule has 0 spiro atoms. The first-order valence-electron chi connectivity index (χ1n) is 10.1. The number of amides is 1. The highest BCUT2D eigenvalue weighted by atomic mass is 19.2. The van der Waals surface area contributed by atoms with Crippen LogP contribution in [0.25, 0.3) is 0 Å². The van der Waals surface area contributed by atoms with Crippen LogP contribution in [0, 0.1) is 17.6 Å². The number of methoxy groups -OCH3 is 1. The number of hydrogen-bond acceptors (Lipinski definition) is 3. The lowest BCUT2D eigenvalue weighted by Crippen LogP contribution is -2.49. The van der Waals surface area contributed by atoms with Gasteiger partial charge in [-0.3, -0.25) is 9.69 Å². The topological polar surface area (TPSA) is 32.8 Å². The molecule has 0 saturated carbocycles. The number of ether oxygens (including phenoxy) is 1. The molecule has 0 N–H and O–H groups in total. The number of halogens is 2. The summed E-state index contributed by atoms with van der Waals surface area (Å²) in [7, 11) is 1.52. The summed E-state index contributed by atoms with van der Waals surface area (Å²) in [6, 6.07) is 14.8. The van der Waals surface area contributed by atoms with E-state index < -0.39 is 11.6 Å². The predicted octanol–water partition coefficient (Wildman–Crippen LogP) is 3.43. The van der Waals surface area contributed by atoms with Gasteiger partial charge in [0, 0.05) is 51.2 Å². The SMILES string of the molecule is COCC(=O)N1CC[C@H]2[C@@H](C1)[C@H](c1ccc(F)c(F)c1)CN2Cc1ccccc1. The van der Waals surface area contributed by atoms with Gasteiger partial charge < -0.3 is 9.64 Å². The van der Waals surface area contributed by atoms with Crippen LogP contribution in [0.4, 0.5) is 8.78 Å². The number of likely N-dealkylation sites (tertiary alicyclic amines) is 2. The van der Waals surface area contributed by atoms with Crippen molar-refractivity contribution in [3.8, 4) is 0 Å². The number of carbonyl (C=O) groups excluding carboxylic acids is 1. The lowest BCUT2D eigenvalue weighted by atomic mass is 9.81. The fourth-order valence-corrected chi connectivity index (χ4v) is 4.88. The Labute approximate surface area is 170 Å². The minimum absolute atomic E-state index is 0.0171. The quantitative estimate of drug-likeness (QED) is 0.771. The Morgan fingerprint density at radius 2 is 1.90 bits per heavy atom. The first-order chi connectivity index (χ1) is 14.1. The second kappa shape index (κ2) is 8.59. The fourth-order valence-electron chi connectivity index (χ4n) is 4.88. The molecule has 0 unspecified atom stereocenters. The fraction of sp³-hybridized carbons (Fsp3) is 0.435. The summed E-state index contributed by atoms with van der Waals surface area (Å²) >= 11 is 0. The van der Waals surface area contributed by atoms with E-state index in [9.17, 15) is 13.6 Å². The summed E-state index contributed by atoms with van der Waals surface area (Å²) < 4.78 is 32.4. The van der Waals surface area contributed by atoms with Gasteiger partial charge in [-0.15, -0.1) is 0 Å². The van der Waals surface area contributed by atoms with E-state index in [1.807, 2.05) is 23.1 Å². The highest BCUT2D eigenvalue weighted by Gasteiger charge is 2.45. The number of nitrogens with zero attached hydrogens (tertiary/aromatic N) is 2. The van der Waals surface area contributed by atoms with E-state index in [4.69, 9.17) is 4.74 Å². The van der Waals surface area contributed by atoms with Crippen molar-refractivity contribution in [1.29, 1.82) is 0 Å². The number of hydrogen-bond donors (Lipinski definition) is 0. The molecule has 3 atom stereocenters. The average molecular weight is 400 g/mol. The Kier molecular flexibility index (Phi) is 5.92. The molecule has 0 aromatic heterocycles. The van der Waals surface area contributed by atoms with Crippen LogP contribution in [0.1, 0.15) is 23.5 Å². The van der Waals surface area contributed by atoms with Crippen molar-refractivity contribution < 1.29 is 18.3 Å². The summed E-state index contributed by atoms with van der Waals surface area (Å²) in [4.78, 5) is 16.7. The third kappa shape index (κ3) is 4.19. The van der Waals surface area contributed by atoms with Crippen LogP contribution >= 0.6 is 0 Å². The van der Waals surface area contributed by atoms with Gasteiger partial charge >= 0.3 is 0 Å². The van der Waals surface area contributed by atoms with Gasteiger partial charge in [-0.05, 0) is 29.7 Å². The van der Waals surface area contributed by atoms with Crippen molar-refractivity contribution in [2.24, 2.45) is 5.92 Å².